The van der Waals surface area contributed by atoms with E-state index in [9.17, 15) is 0 Å². The van der Waals surface area contributed by atoms with Gasteiger partial charge in [-0.2, -0.15) is 21.7 Å². The number of benzene rings is 1. The molecule has 3 aromatic rings. The molecule has 1 aromatic carbocycles. The van der Waals surface area contributed by atoms with Crippen LogP contribution in [0.1, 0.15) is 38.1 Å². The largest absolute Gasteiger partial charge is 0.351 e. The first-order valence-electron chi connectivity index (χ1n) is 10.4. The van der Waals surface area contributed by atoms with Crippen LogP contribution in [0, 0.1) is 0 Å². The van der Waals surface area contributed by atoms with E-state index in [-0.39, 0.29) is 0 Å². The van der Waals surface area contributed by atoms with Crippen molar-refractivity contribution >= 4 is 40.4 Å². The van der Waals surface area contributed by atoms with E-state index in [2.05, 4.69) is 20.2 Å². The average molecular weight is 410 g/mol. The number of hydrogen-bond acceptors (Lipinski definition) is 7. The molecule has 8 heteroatoms. The number of fused-ring (bicyclic) bond motifs is 1. The van der Waals surface area contributed by atoms with Crippen LogP contribution in [0.2, 0.25) is 0 Å². The third-order valence-electron chi connectivity index (χ3n) is 5.86. The Hall–Kier alpha value is -2.32. The molecule has 0 bridgehead atoms. The second-order valence-electron chi connectivity index (χ2n) is 7.98. The monoisotopic (exact) mass is 409 g/mol. The van der Waals surface area contributed by atoms with Crippen molar-refractivity contribution in [3.63, 3.8) is 0 Å². The molecule has 152 valence electrons. The summed E-state index contributed by atoms with van der Waals surface area (Å²) in [5.74, 6) is 3.72. The summed E-state index contributed by atoms with van der Waals surface area (Å²) in [4.78, 5) is 14.4. The third-order valence-corrected chi connectivity index (χ3v) is 7.01. The van der Waals surface area contributed by atoms with Crippen molar-refractivity contribution in [2.45, 2.75) is 50.2 Å². The van der Waals surface area contributed by atoms with Crippen molar-refractivity contribution in [2.75, 3.05) is 22.1 Å². The van der Waals surface area contributed by atoms with Gasteiger partial charge in [0.1, 0.15) is 0 Å². The number of aromatic nitrogens is 4. The van der Waals surface area contributed by atoms with Gasteiger partial charge in [-0.3, -0.25) is 0 Å². The van der Waals surface area contributed by atoms with Crippen LogP contribution in [0.3, 0.4) is 0 Å². The molecule has 4 N–H and O–H groups in total. The highest BCUT2D eigenvalue weighted by Gasteiger charge is 2.24. The minimum absolute atomic E-state index is 0.327. The molecule has 1 saturated heterocycles. The highest BCUT2D eigenvalue weighted by Crippen LogP contribution is 2.32. The molecule has 1 saturated carbocycles. The quantitative estimate of drug-likeness (QED) is 0.588. The number of nitrogens with zero attached hydrogens (tertiary/aromatic N) is 4. The van der Waals surface area contributed by atoms with Crippen LogP contribution in [-0.2, 0) is 0 Å². The Morgan fingerprint density at radius 3 is 2.62 bits per heavy atom. The van der Waals surface area contributed by atoms with Gasteiger partial charge in [-0.05, 0) is 50.0 Å². The van der Waals surface area contributed by atoms with Crippen LogP contribution in [0.25, 0.3) is 11.2 Å². The van der Waals surface area contributed by atoms with E-state index in [1.807, 2.05) is 48.4 Å². The molecular formula is C21H27N7S. The van der Waals surface area contributed by atoms with Crippen molar-refractivity contribution in [1.82, 2.24) is 19.5 Å². The Bertz CT molecular complexity index is 960. The first-order chi connectivity index (χ1) is 14.3. The summed E-state index contributed by atoms with van der Waals surface area (Å²) in [7, 11) is 0. The molecule has 2 fully saturated rings. The maximum Gasteiger partial charge on any atom is 0.227 e. The molecule has 3 heterocycles. The fourth-order valence-electron chi connectivity index (χ4n) is 4.18. The van der Waals surface area contributed by atoms with Crippen molar-refractivity contribution in [3.05, 3.63) is 36.7 Å². The zero-order chi connectivity index (χ0) is 19.6. The summed E-state index contributed by atoms with van der Waals surface area (Å²) in [5.41, 5.74) is 8.79. The number of nitrogens with two attached hydrogens (primary N) is 1. The Morgan fingerprint density at radius 1 is 1.03 bits per heavy atom. The summed E-state index contributed by atoms with van der Waals surface area (Å²) in [6.45, 7) is 0. The predicted octanol–water partition coefficient (Wildman–Crippen LogP) is 3.93. The topological polar surface area (TPSA) is 93.7 Å². The van der Waals surface area contributed by atoms with E-state index < -0.39 is 0 Å². The van der Waals surface area contributed by atoms with Crippen molar-refractivity contribution < 1.29 is 0 Å². The summed E-state index contributed by atoms with van der Waals surface area (Å²) in [5, 5.41) is 7.01. The van der Waals surface area contributed by atoms with Gasteiger partial charge in [0.2, 0.25) is 5.95 Å². The lowest BCUT2D eigenvalue weighted by Gasteiger charge is -2.27. The second-order valence-corrected chi connectivity index (χ2v) is 9.13. The lowest BCUT2D eigenvalue weighted by molar-refractivity contribution is 0.410. The Balaban J connectivity index is 1.50. The number of hydrogen-bond donors (Lipinski definition) is 3. The van der Waals surface area contributed by atoms with Gasteiger partial charge in [0.05, 0.1) is 6.33 Å². The van der Waals surface area contributed by atoms with Gasteiger partial charge in [0, 0.05) is 29.6 Å². The number of imidazole rings is 1. The van der Waals surface area contributed by atoms with Crippen molar-refractivity contribution in [3.8, 4) is 0 Å². The second kappa shape index (κ2) is 8.20. The molecule has 1 aliphatic carbocycles. The van der Waals surface area contributed by atoms with E-state index in [1.54, 1.807) is 0 Å². The maximum atomic E-state index is 6.07. The number of anilines is 3. The lowest BCUT2D eigenvalue weighted by atomic mass is 9.92. The number of thioether (sulfide) groups is 1. The van der Waals surface area contributed by atoms with Crippen molar-refractivity contribution in [1.29, 1.82) is 0 Å². The highest BCUT2D eigenvalue weighted by molar-refractivity contribution is 7.99. The van der Waals surface area contributed by atoms with Gasteiger partial charge in [0.25, 0.3) is 0 Å². The molecular weight excluding hydrogens is 382 g/mol. The molecule has 29 heavy (non-hydrogen) atoms. The zero-order valence-corrected chi connectivity index (χ0v) is 17.2. The van der Waals surface area contributed by atoms with Gasteiger partial charge in [-0.25, -0.2) is 4.98 Å². The zero-order valence-electron chi connectivity index (χ0n) is 16.4. The smallest absolute Gasteiger partial charge is 0.227 e. The molecule has 7 nitrogen and oxygen atoms in total. The molecule has 0 radical (unpaired) electrons. The molecule has 0 amide bonds. The predicted molar refractivity (Wildman–Crippen MR) is 120 cm³/mol. The number of para-hydroxylation sites is 1. The molecule has 5 rings (SSSR count). The lowest BCUT2D eigenvalue weighted by Crippen LogP contribution is -2.33. The molecule has 1 atom stereocenters. The molecule has 2 aliphatic rings. The van der Waals surface area contributed by atoms with Crippen LogP contribution in [0.5, 0.6) is 0 Å². The summed E-state index contributed by atoms with van der Waals surface area (Å²) in [6, 6.07) is 11.3. The standard InChI is InChI=1S/C21H27N7S/c22-14-6-8-16(9-7-14)25-21-26-19(24-15-4-2-1-3-5-15)18-20(27-21)28(13-23-18)17-10-11-29-12-17/h1-5,13-14,16-17H,6-12,22H2,(H2,24,25,26,27)/t14-,16-,17?. The fraction of sp³-hybridized carbons (Fsp3) is 0.476. The van der Waals surface area contributed by atoms with Gasteiger partial charge in [0.15, 0.2) is 17.0 Å². The molecule has 1 aliphatic heterocycles. The van der Waals surface area contributed by atoms with Gasteiger partial charge < -0.3 is 20.9 Å². The SMILES string of the molecule is N[C@H]1CC[C@H](Nc2nc(Nc3ccccc3)c3ncn(C4CCSC4)c3n2)CC1. The van der Waals surface area contributed by atoms with E-state index in [0.717, 1.165) is 60.5 Å². The normalized spacial score (nSPS) is 24.7. The fourth-order valence-corrected chi connectivity index (χ4v) is 5.39. The summed E-state index contributed by atoms with van der Waals surface area (Å²) in [6.07, 6.45) is 7.30. The Kier molecular flexibility index (Phi) is 5.28. The van der Waals surface area contributed by atoms with E-state index in [0.29, 0.717) is 24.1 Å². The van der Waals surface area contributed by atoms with Crippen LogP contribution in [0.15, 0.2) is 36.7 Å². The summed E-state index contributed by atoms with van der Waals surface area (Å²) < 4.78 is 2.23. The average Bonchev–Trinajstić information content (AvgIpc) is 3.40. The molecule has 0 spiro atoms. The van der Waals surface area contributed by atoms with Crippen LogP contribution in [-0.4, -0.2) is 43.1 Å². The first kappa shape index (κ1) is 18.7. The Morgan fingerprint density at radius 2 is 1.86 bits per heavy atom. The van der Waals surface area contributed by atoms with Gasteiger partial charge in [-0.15, -0.1) is 0 Å². The number of rotatable bonds is 5. The van der Waals surface area contributed by atoms with E-state index in [1.165, 1.54) is 5.75 Å². The maximum absolute atomic E-state index is 6.07. The molecule has 2 aromatic heterocycles. The highest BCUT2D eigenvalue weighted by atomic mass is 32.2. The van der Waals surface area contributed by atoms with Gasteiger partial charge >= 0.3 is 0 Å². The van der Waals surface area contributed by atoms with Gasteiger partial charge in [-0.1, -0.05) is 18.2 Å². The number of nitrogens with one attached hydrogen (secondary N) is 2. The van der Waals surface area contributed by atoms with Crippen molar-refractivity contribution in [2.24, 2.45) is 5.73 Å². The first-order valence-corrected chi connectivity index (χ1v) is 11.6. The summed E-state index contributed by atoms with van der Waals surface area (Å²) >= 11 is 1.99. The Labute approximate surface area is 174 Å². The van der Waals surface area contributed by atoms with E-state index in [4.69, 9.17) is 15.7 Å². The van der Waals surface area contributed by atoms with Crippen LogP contribution < -0.4 is 16.4 Å². The van der Waals surface area contributed by atoms with Crippen LogP contribution >= 0.6 is 11.8 Å². The third kappa shape index (κ3) is 4.04. The molecule has 1 unspecified atom stereocenters. The minimum Gasteiger partial charge on any atom is -0.351 e. The minimum atomic E-state index is 0.327. The van der Waals surface area contributed by atoms with Crippen LogP contribution in [0.4, 0.5) is 17.5 Å². The van der Waals surface area contributed by atoms with E-state index >= 15 is 0 Å².